The molecule has 2 heterocycles. The van der Waals surface area contributed by atoms with E-state index in [2.05, 4.69) is 28.9 Å². The molecule has 1 N–H and O–H groups in total. The van der Waals surface area contributed by atoms with Crippen LogP contribution in [0.3, 0.4) is 0 Å². The predicted molar refractivity (Wildman–Crippen MR) is 89.3 cm³/mol. The van der Waals surface area contributed by atoms with E-state index in [4.69, 9.17) is 0 Å². The molecule has 3 aliphatic rings. The fraction of sp³-hybridized carbons (Fsp3) is 0.941. The molecule has 0 aromatic carbocycles. The van der Waals surface area contributed by atoms with E-state index in [0.29, 0.717) is 18.0 Å². The summed E-state index contributed by atoms with van der Waals surface area (Å²) in [7, 11) is 0. The molecule has 3 rings (SSSR count). The largest absolute Gasteiger partial charge is 0.325 e. The summed E-state index contributed by atoms with van der Waals surface area (Å²) < 4.78 is 0. The number of hydrogen-bond donors (Lipinski definition) is 1. The molecule has 3 nitrogen and oxygen atoms in total. The highest BCUT2D eigenvalue weighted by Gasteiger charge is 2.43. The summed E-state index contributed by atoms with van der Waals surface area (Å²) >= 11 is 2.06. The monoisotopic (exact) mass is 310 g/mol. The van der Waals surface area contributed by atoms with Crippen molar-refractivity contribution < 1.29 is 4.79 Å². The van der Waals surface area contributed by atoms with Gasteiger partial charge in [0.1, 0.15) is 0 Å². The Balaban J connectivity index is 1.66. The van der Waals surface area contributed by atoms with Crippen LogP contribution in [0.15, 0.2) is 0 Å². The number of carbonyl (C=O) groups excluding carboxylic acids is 1. The van der Waals surface area contributed by atoms with Crippen LogP contribution in [0.5, 0.6) is 0 Å². The fourth-order valence-corrected chi connectivity index (χ4v) is 5.46. The molecule has 0 aromatic rings. The van der Waals surface area contributed by atoms with Gasteiger partial charge in [-0.1, -0.05) is 32.6 Å². The van der Waals surface area contributed by atoms with Crippen molar-refractivity contribution in [1.82, 2.24) is 10.2 Å². The molecule has 0 bridgehead atoms. The number of rotatable bonds is 6. The van der Waals surface area contributed by atoms with Crippen molar-refractivity contribution in [2.75, 3.05) is 18.1 Å². The van der Waals surface area contributed by atoms with E-state index in [-0.39, 0.29) is 6.04 Å². The van der Waals surface area contributed by atoms with E-state index in [9.17, 15) is 4.79 Å². The van der Waals surface area contributed by atoms with Gasteiger partial charge >= 0.3 is 0 Å². The summed E-state index contributed by atoms with van der Waals surface area (Å²) in [6, 6.07) is 0.101. The van der Waals surface area contributed by atoms with Crippen molar-refractivity contribution in [3.63, 3.8) is 0 Å². The van der Waals surface area contributed by atoms with Gasteiger partial charge in [-0.25, -0.2) is 0 Å². The first-order valence-corrected chi connectivity index (χ1v) is 10.1. The maximum Gasteiger partial charge on any atom is 0.241 e. The summed E-state index contributed by atoms with van der Waals surface area (Å²) in [5, 5.41) is 3.71. The van der Waals surface area contributed by atoms with Crippen LogP contribution in [-0.4, -0.2) is 41.1 Å². The second kappa shape index (κ2) is 7.36. The molecule has 21 heavy (non-hydrogen) atoms. The van der Waals surface area contributed by atoms with Gasteiger partial charge in [-0.15, -0.1) is 0 Å². The zero-order chi connectivity index (χ0) is 14.7. The predicted octanol–water partition coefficient (Wildman–Crippen LogP) is 3.25. The van der Waals surface area contributed by atoms with Crippen molar-refractivity contribution in [3.8, 4) is 0 Å². The zero-order valence-electron chi connectivity index (χ0n) is 13.4. The minimum atomic E-state index is 0.101. The van der Waals surface area contributed by atoms with Crippen molar-refractivity contribution in [3.05, 3.63) is 0 Å². The maximum atomic E-state index is 12.8. The Kier molecular flexibility index (Phi) is 5.49. The van der Waals surface area contributed by atoms with Crippen LogP contribution in [-0.2, 0) is 4.79 Å². The first-order chi connectivity index (χ1) is 10.3. The molecule has 120 valence electrons. The van der Waals surface area contributed by atoms with E-state index in [1.165, 1.54) is 50.0 Å². The lowest BCUT2D eigenvalue weighted by molar-refractivity contribution is -0.131. The third-order valence-electron chi connectivity index (χ3n) is 5.46. The quantitative estimate of drug-likeness (QED) is 0.817. The minimum Gasteiger partial charge on any atom is -0.325 e. The highest BCUT2D eigenvalue weighted by molar-refractivity contribution is 7.99. The summed E-state index contributed by atoms with van der Waals surface area (Å²) in [6.45, 7) is 3.21. The Morgan fingerprint density at radius 1 is 1.29 bits per heavy atom. The highest BCUT2D eigenvalue weighted by Crippen LogP contribution is 2.34. The molecule has 0 spiro atoms. The molecular weight excluding hydrogens is 280 g/mol. The number of unbranched alkanes of at least 4 members (excludes halogenated alkanes) is 1. The SMILES string of the molecule is CCCCC1NC(C2CCCC2)N(CC2CCSC2)C1=O. The molecule has 2 aliphatic heterocycles. The fourth-order valence-electron chi connectivity index (χ4n) is 4.19. The van der Waals surface area contributed by atoms with Gasteiger partial charge in [0.25, 0.3) is 0 Å². The Morgan fingerprint density at radius 2 is 2.10 bits per heavy atom. The molecule has 4 heteroatoms. The molecule has 1 aliphatic carbocycles. The van der Waals surface area contributed by atoms with Gasteiger partial charge in [0.2, 0.25) is 5.91 Å². The van der Waals surface area contributed by atoms with Gasteiger partial charge < -0.3 is 4.90 Å². The number of nitrogens with zero attached hydrogens (tertiary/aromatic N) is 1. The van der Waals surface area contributed by atoms with Crippen LogP contribution in [0.1, 0.15) is 58.3 Å². The lowest BCUT2D eigenvalue weighted by Crippen LogP contribution is -2.44. The molecular formula is C17H30N2OS. The van der Waals surface area contributed by atoms with Crippen molar-refractivity contribution >= 4 is 17.7 Å². The highest BCUT2D eigenvalue weighted by atomic mass is 32.2. The van der Waals surface area contributed by atoms with Gasteiger partial charge in [0.05, 0.1) is 12.2 Å². The number of amides is 1. The van der Waals surface area contributed by atoms with Crippen LogP contribution in [0, 0.1) is 11.8 Å². The van der Waals surface area contributed by atoms with Crippen molar-refractivity contribution in [2.45, 2.75) is 70.5 Å². The lowest BCUT2D eigenvalue weighted by atomic mass is 10.0. The average Bonchev–Trinajstić information content (AvgIpc) is 3.21. The summed E-state index contributed by atoms with van der Waals surface area (Å²) in [5.41, 5.74) is 0. The maximum absolute atomic E-state index is 12.8. The van der Waals surface area contributed by atoms with E-state index < -0.39 is 0 Å². The molecule has 0 radical (unpaired) electrons. The second-order valence-electron chi connectivity index (χ2n) is 7.07. The first kappa shape index (κ1) is 15.7. The molecule has 0 aromatic heterocycles. The molecule has 3 fully saturated rings. The summed E-state index contributed by atoms with van der Waals surface area (Å²) in [6.07, 6.45) is 10.3. The van der Waals surface area contributed by atoms with Crippen LogP contribution >= 0.6 is 11.8 Å². The Bertz CT molecular complexity index is 351. The number of carbonyl (C=O) groups is 1. The number of hydrogen-bond acceptors (Lipinski definition) is 3. The standard InChI is InChI=1S/C17H30N2OS/c1-2-3-8-15-17(20)19(11-13-9-10-21-12-13)16(18-15)14-6-4-5-7-14/h13-16,18H,2-12H2,1H3. The average molecular weight is 311 g/mol. The van der Waals surface area contributed by atoms with Crippen molar-refractivity contribution in [1.29, 1.82) is 0 Å². The Hall–Kier alpha value is -0.220. The van der Waals surface area contributed by atoms with Crippen LogP contribution in [0.4, 0.5) is 0 Å². The van der Waals surface area contributed by atoms with Gasteiger partial charge in [-0.3, -0.25) is 10.1 Å². The summed E-state index contributed by atoms with van der Waals surface area (Å²) in [5.74, 6) is 4.37. The van der Waals surface area contributed by atoms with Gasteiger partial charge in [-0.2, -0.15) is 11.8 Å². The zero-order valence-corrected chi connectivity index (χ0v) is 14.2. The van der Waals surface area contributed by atoms with E-state index in [1.54, 1.807) is 0 Å². The molecule has 3 atom stereocenters. The van der Waals surface area contributed by atoms with Gasteiger partial charge in [-0.05, 0) is 49.0 Å². The number of nitrogens with one attached hydrogen (secondary N) is 1. The minimum absolute atomic E-state index is 0.101. The molecule has 1 saturated carbocycles. The van der Waals surface area contributed by atoms with Gasteiger partial charge in [0.15, 0.2) is 0 Å². The Labute approximate surface area is 133 Å². The molecule has 2 saturated heterocycles. The van der Waals surface area contributed by atoms with E-state index in [1.807, 2.05) is 0 Å². The first-order valence-electron chi connectivity index (χ1n) is 8.94. The normalized spacial score (nSPS) is 34.2. The van der Waals surface area contributed by atoms with E-state index >= 15 is 0 Å². The van der Waals surface area contributed by atoms with Crippen LogP contribution in [0.2, 0.25) is 0 Å². The molecule has 1 amide bonds. The van der Waals surface area contributed by atoms with Crippen LogP contribution in [0.25, 0.3) is 0 Å². The second-order valence-corrected chi connectivity index (χ2v) is 8.22. The Morgan fingerprint density at radius 3 is 2.76 bits per heavy atom. The van der Waals surface area contributed by atoms with E-state index in [0.717, 1.165) is 25.3 Å². The lowest BCUT2D eigenvalue weighted by Gasteiger charge is -2.30. The third kappa shape index (κ3) is 3.58. The smallest absolute Gasteiger partial charge is 0.241 e. The van der Waals surface area contributed by atoms with Gasteiger partial charge in [0, 0.05) is 6.54 Å². The number of thioether (sulfide) groups is 1. The summed E-state index contributed by atoms with van der Waals surface area (Å²) in [4.78, 5) is 15.1. The topological polar surface area (TPSA) is 32.3 Å². The third-order valence-corrected chi connectivity index (χ3v) is 6.69. The van der Waals surface area contributed by atoms with Crippen LogP contribution < -0.4 is 5.32 Å². The van der Waals surface area contributed by atoms with Crippen molar-refractivity contribution in [2.24, 2.45) is 11.8 Å². The molecule has 3 unspecified atom stereocenters.